The highest BCUT2D eigenvalue weighted by Gasteiger charge is 2.32. The van der Waals surface area contributed by atoms with E-state index in [1.165, 1.54) is 30.0 Å². The van der Waals surface area contributed by atoms with Gasteiger partial charge >= 0.3 is 0 Å². The van der Waals surface area contributed by atoms with Gasteiger partial charge in [-0.25, -0.2) is 4.39 Å². The van der Waals surface area contributed by atoms with Gasteiger partial charge < -0.3 is 16.8 Å². The fraction of sp³-hybridized carbons (Fsp3) is 0.312. The summed E-state index contributed by atoms with van der Waals surface area (Å²) in [5.74, 6) is -0.132. The van der Waals surface area contributed by atoms with Gasteiger partial charge in [-0.2, -0.15) is 0 Å². The fourth-order valence-electron chi connectivity index (χ4n) is 2.38. The summed E-state index contributed by atoms with van der Waals surface area (Å²) in [6.45, 7) is 3.49. The van der Waals surface area contributed by atoms with Gasteiger partial charge in [0, 0.05) is 21.9 Å². The zero-order valence-corrected chi connectivity index (χ0v) is 15.1. The number of thiocarbonyl (C=S) groups is 1. The van der Waals surface area contributed by atoms with Gasteiger partial charge in [0.15, 0.2) is 5.17 Å². The molecule has 0 radical (unpaired) electrons. The molecule has 5 nitrogen and oxygen atoms in total. The van der Waals surface area contributed by atoms with Crippen LogP contribution in [0.25, 0.3) is 0 Å². The number of anilines is 1. The van der Waals surface area contributed by atoms with Crippen LogP contribution < -0.4 is 16.8 Å². The topological polar surface area (TPSA) is 93.5 Å². The zero-order valence-electron chi connectivity index (χ0n) is 13.4. The number of thioether (sulfide) groups is 1. The standard InChI is InChI=1S/C16H19FN4OS2/c1-9(23)7-13(18)14(22)20-10-3-4-12(17)11(8-10)16(2)5-6-24-15(19)21-16/h3-4,7-8H,5-6,18H2,1-2H3,(H2,19,21)(H,20,22)/b13-7-/t16-/m0/s1. The third-order valence-electron chi connectivity index (χ3n) is 3.62. The average molecular weight is 366 g/mol. The van der Waals surface area contributed by atoms with Crippen LogP contribution in [0, 0.1) is 5.82 Å². The number of hydrogen-bond acceptors (Lipinski definition) is 6. The molecule has 0 bridgehead atoms. The second kappa shape index (κ2) is 7.31. The quantitative estimate of drug-likeness (QED) is 0.563. The van der Waals surface area contributed by atoms with Crippen molar-refractivity contribution in [1.29, 1.82) is 0 Å². The molecule has 0 fully saturated rings. The Morgan fingerprint density at radius 3 is 2.88 bits per heavy atom. The Morgan fingerprint density at radius 2 is 2.25 bits per heavy atom. The number of nitrogens with zero attached hydrogens (tertiary/aromatic N) is 1. The summed E-state index contributed by atoms with van der Waals surface area (Å²) >= 11 is 6.33. The van der Waals surface area contributed by atoms with E-state index >= 15 is 0 Å². The van der Waals surface area contributed by atoms with Crippen LogP contribution in [0.15, 0.2) is 35.0 Å². The first-order chi connectivity index (χ1) is 11.2. The van der Waals surface area contributed by atoms with E-state index in [2.05, 4.69) is 10.3 Å². The van der Waals surface area contributed by atoms with Crippen molar-refractivity contribution in [2.45, 2.75) is 25.8 Å². The van der Waals surface area contributed by atoms with Gasteiger partial charge in [0.1, 0.15) is 5.82 Å². The molecule has 0 spiro atoms. The first-order valence-electron chi connectivity index (χ1n) is 7.28. The number of allylic oxidation sites excluding steroid dienone is 1. The van der Waals surface area contributed by atoms with Crippen molar-refractivity contribution >= 4 is 45.6 Å². The molecule has 1 heterocycles. The normalized spacial score (nSPS) is 21.1. The van der Waals surface area contributed by atoms with E-state index < -0.39 is 17.3 Å². The number of benzene rings is 1. The first kappa shape index (κ1) is 18.4. The summed E-state index contributed by atoms with van der Waals surface area (Å²) in [4.78, 5) is 16.9. The number of halogens is 1. The van der Waals surface area contributed by atoms with Crippen molar-refractivity contribution in [3.05, 3.63) is 41.4 Å². The van der Waals surface area contributed by atoms with E-state index in [1.54, 1.807) is 13.0 Å². The minimum Gasteiger partial charge on any atom is -0.394 e. The van der Waals surface area contributed by atoms with Crippen LogP contribution in [0.1, 0.15) is 25.8 Å². The lowest BCUT2D eigenvalue weighted by molar-refractivity contribution is -0.112. The number of carbonyl (C=O) groups is 1. The van der Waals surface area contributed by atoms with Crippen LogP contribution in [0.5, 0.6) is 0 Å². The van der Waals surface area contributed by atoms with Crippen LogP contribution in [0.4, 0.5) is 10.1 Å². The van der Waals surface area contributed by atoms with E-state index in [1.807, 2.05) is 6.92 Å². The smallest absolute Gasteiger partial charge is 0.271 e. The monoisotopic (exact) mass is 366 g/mol. The third-order valence-corrected chi connectivity index (χ3v) is 4.53. The van der Waals surface area contributed by atoms with Crippen LogP contribution in [0.3, 0.4) is 0 Å². The van der Waals surface area contributed by atoms with E-state index in [0.717, 1.165) is 5.75 Å². The van der Waals surface area contributed by atoms with Crippen molar-refractivity contribution in [3.8, 4) is 0 Å². The van der Waals surface area contributed by atoms with Crippen LogP contribution in [-0.4, -0.2) is 21.7 Å². The number of hydrogen-bond donors (Lipinski definition) is 3. The second-order valence-electron chi connectivity index (χ2n) is 5.68. The van der Waals surface area contributed by atoms with Crippen LogP contribution in [0.2, 0.25) is 0 Å². The van der Waals surface area contributed by atoms with Crippen LogP contribution in [-0.2, 0) is 10.3 Å². The molecule has 0 aliphatic carbocycles. The molecule has 24 heavy (non-hydrogen) atoms. The summed E-state index contributed by atoms with van der Waals surface area (Å²) < 4.78 is 14.3. The van der Waals surface area contributed by atoms with Crippen molar-refractivity contribution in [1.82, 2.24) is 0 Å². The first-order valence-corrected chi connectivity index (χ1v) is 8.68. The van der Waals surface area contributed by atoms with Gasteiger partial charge in [0.25, 0.3) is 5.91 Å². The second-order valence-corrected chi connectivity index (χ2v) is 7.44. The summed E-state index contributed by atoms with van der Waals surface area (Å²) in [6.07, 6.45) is 2.05. The number of carbonyl (C=O) groups excluding carboxylic acids is 1. The lowest BCUT2D eigenvalue weighted by Gasteiger charge is -2.30. The molecule has 1 amide bonds. The number of aliphatic imine (C=N–C) groups is 1. The number of amidine groups is 1. The van der Waals surface area contributed by atoms with Crippen molar-refractivity contribution < 1.29 is 9.18 Å². The van der Waals surface area contributed by atoms with E-state index in [-0.39, 0.29) is 5.70 Å². The molecule has 8 heteroatoms. The SMILES string of the molecule is CC(=S)/C=C(\N)C(=O)Nc1ccc(F)c([C@]2(C)CCSC(N)=N2)c1. The van der Waals surface area contributed by atoms with Crippen molar-refractivity contribution in [3.63, 3.8) is 0 Å². The molecule has 128 valence electrons. The maximum Gasteiger partial charge on any atom is 0.271 e. The Balaban J connectivity index is 2.31. The Morgan fingerprint density at radius 1 is 1.54 bits per heavy atom. The third kappa shape index (κ3) is 4.33. The Bertz CT molecular complexity index is 748. The van der Waals surface area contributed by atoms with Gasteiger partial charge in [-0.3, -0.25) is 9.79 Å². The van der Waals surface area contributed by atoms with Gasteiger partial charge in [-0.1, -0.05) is 24.0 Å². The van der Waals surface area contributed by atoms with Gasteiger partial charge in [0.05, 0.1) is 11.2 Å². The summed E-state index contributed by atoms with van der Waals surface area (Å²) in [7, 11) is 0. The van der Waals surface area contributed by atoms with E-state index in [0.29, 0.717) is 27.7 Å². The lowest BCUT2D eigenvalue weighted by atomic mass is 9.89. The molecule has 1 atom stereocenters. The lowest BCUT2D eigenvalue weighted by Crippen LogP contribution is -2.30. The summed E-state index contributed by atoms with van der Waals surface area (Å²) in [5, 5.41) is 3.07. The zero-order chi connectivity index (χ0) is 17.9. The fourth-order valence-corrected chi connectivity index (χ4v) is 3.49. The predicted molar refractivity (Wildman–Crippen MR) is 102 cm³/mol. The molecule has 1 aliphatic rings. The van der Waals surface area contributed by atoms with Crippen molar-refractivity contribution in [2.75, 3.05) is 11.1 Å². The molecular weight excluding hydrogens is 347 g/mol. The van der Waals surface area contributed by atoms with Gasteiger partial charge in [0.2, 0.25) is 0 Å². The predicted octanol–water partition coefficient (Wildman–Crippen LogP) is 2.66. The molecule has 2 rings (SSSR count). The molecule has 5 N–H and O–H groups in total. The molecule has 1 aliphatic heterocycles. The summed E-state index contributed by atoms with van der Waals surface area (Å²) in [6, 6.07) is 4.34. The minimum atomic E-state index is -0.757. The molecule has 0 saturated heterocycles. The molecule has 0 saturated carbocycles. The number of rotatable bonds is 4. The molecule has 1 aromatic rings. The molecule has 0 unspecified atom stereocenters. The molecular formula is C16H19FN4OS2. The maximum atomic E-state index is 14.3. The minimum absolute atomic E-state index is 0.00378. The number of nitrogens with one attached hydrogen (secondary N) is 1. The molecule has 1 aromatic carbocycles. The number of nitrogens with two attached hydrogens (primary N) is 2. The number of amides is 1. The maximum absolute atomic E-state index is 14.3. The van der Waals surface area contributed by atoms with Crippen LogP contribution >= 0.6 is 24.0 Å². The highest BCUT2D eigenvalue weighted by atomic mass is 32.2. The Labute approximate surface area is 149 Å². The van der Waals surface area contributed by atoms with E-state index in [9.17, 15) is 9.18 Å². The summed E-state index contributed by atoms with van der Waals surface area (Å²) in [5.41, 5.74) is 11.5. The van der Waals surface area contributed by atoms with Crippen molar-refractivity contribution in [2.24, 2.45) is 16.5 Å². The largest absolute Gasteiger partial charge is 0.394 e. The van der Waals surface area contributed by atoms with Gasteiger partial charge in [-0.15, -0.1) is 0 Å². The molecule has 0 aromatic heterocycles. The highest BCUT2D eigenvalue weighted by Crippen LogP contribution is 2.37. The van der Waals surface area contributed by atoms with Gasteiger partial charge in [-0.05, 0) is 44.5 Å². The Hall–Kier alpha value is -1.93. The Kier molecular flexibility index (Phi) is 5.61. The van der Waals surface area contributed by atoms with E-state index in [4.69, 9.17) is 23.7 Å². The highest BCUT2D eigenvalue weighted by molar-refractivity contribution is 8.13. The average Bonchev–Trinajstić information content (AvgIpc) is 2.48.